The lowest BCUT2D eigenvalue weighted by atomic mass is 9.96. The monoisotopic (exact) mass is 292 g/mol. The predicted molar refractivity (Wildman–Crippen MR) is 87.3 cm³/mol. The molecular weight excluding hydrogens is 264 g/mol. The van der Waals surface area contributed by atoms with E-state index in [1.807, 2.05) is 0 Å². The highest BCUT2D eigenvalue weighted by molar-refractivity contribution is 5.58. The fourth-order valence-electron chi connectivity index (χ4n) is 2.95. The zero-order chi connectivity index (χ0) is 15.2. The van der Waals surface area contributed by atoms with Gasteiger partial charge >= 0.3 is 0 Å². The topological polar surface area (TPSA) is 79.1 Å². The second-order valence-corrected chi connectivity index (χ2v) is 6.04. The van der Waals surface area contributed by atoms with Gasteiger partial charge in [-0.1, -0.05) is 20.8 Å². The number of nitrogen functional groups attached to an aromatic ring is 1. The summed E-state index contributed by atoms with van der Waals surface area (Å²) < 4.78 is 0. The van der Waals surface area contributed by atoms with Crippen LogP contribution in [-0.4, -0.2) is 41.0 Å². The lowest BCUT2D eigenvalue weighted by Crippen LogP contribution is -2.35. The van der Waals surface area contributed by atoms with Crippen LogP contribution in [0.25, 0.3) is 0 Å². The Balaban J connectivity index is 1.97. The van der Waals surface area contributed by atoms with Crippen LogP contribution >= 0.6 is 0 Å². The number of piperidine rings is 1. The van der Waals surface area contributed by atoms with Crippen LogP contribution < -0.4 is 16.6 Å². The maximum absolute atomic E-state index is 5.55. The molecule has 0 bridgehead atoms. The molecule has 2 rings (SSSR count). The number of nitrogens with zero attached hydrogens (tertiary/aromatic N) is 3. The highest BCUT2D eigenvalue weighted by Gasteiger charge is 2.19. The molecule has 0 aromatic carbocycles. The Kier molecular flexibility index (Phi) is 5.76. The molecule has 1 aromatic heterocycles. The molecule has 1 aliphatic rings. The third kappa shape index (κ3) is 4.04. The van der Waals surface area contributed by atoms with E-state index < -0.39 is 0 Å². The molecule has 6 nitrogen and oxygen atoms in total. The summed E-state index contributed by atoms with van der Waals surface area (Å²) in [4.78, 5) is 11.1. The number of likely N-dealkylation sites (tertiary alicyclic amines) is 1. The number of nitrogens with two attached hydrogens (primary N) is 1. The number of rotatable bonds is 6. The average molecular weight is 292 g/mol. The first-order valence-corrected chi connectivity index (χ1v) is 7.93. The fraction of sp³-hybridized carbons (Fsp3) is 0.733. The van der Waals surface area contributed by atoms with Gasteiger partial charge in [-0.3, -0.25) is 0 Å². The van der Waals surface area contributed by atoms with Crippen LogP contribution in [0, 0.1) is 5.92 Å². The third-order valence-corrected chi connectivity index (χ3v) is 4.31. The molecule has 1 fully saturated rings. The first-order chi connectivity index (χ1) is 10.2. The quantitative estimate of drug-likeness (QED) is 0.550. The van der Waals surface area contributed by atoms with Crippen molar-refractivity contribution in [2.24, 2.45) is 11.8 Å². The van der Waals surface area contributed by atoms with Crippen LogP contribution in [-0.2, 0) is 0 Å². The van der Waals surface area contributed by atoms with Crippen molar-refractivity contribution < 1.29 is 0 Å². The number of anilines is 2. The Morgan fingerprint density at radius 2 is 1.95 bits per heavy atom. The highest BCUT2D eigenvalue weighted by atomic mass is 15.3. The Bertz CT molecular complexity index is 440. The molecule has 0 aliphatic carbocycles. The van der Waals surface area contributed by atoms with E-state index in [1.54, 1.807) is 6.33 Å². The molecule has 2 heterocycles. The van der Waals surface area contributed by atoms with E-state index in [-0.39, 0.29) is 0 Å². The number of nitrogens with one attached hydrogen (secondary N) is 2. The maximum atomic E-state index is 5.55. The Hall–Kier alpha value is -1.40. The lowest BCUT2D eigenvalue weighted by molar-refractivity contribution is 0.198. The van der Waals surface area contributed by atoms with Gasteiger partial charge in [-0.25, -0.2) is 15.8 Å². The minimum atomic E-state index is 0.321. The summed E-state index contributed by atoms with van der Waals surface area (Å²) in [5.41, 5.74) is 3.73. The summed E-state index contributed by atoms with van der Waals surface area (Å²) in [5.74, 6) is 8.21. The van der Waals surface area contributed by atoms with Crippen LogP contribution in [0.5, 0.6) is 0 Å². The third-order valence-electron chi connectivity index (χ3n) is 4.31. The van der Waals surface area contributed by atoms with Crippen molar-refractivity contribution in [3.05, 3.63) is 11.9 Å². The van der Waals surface area contributed by atoms with E-state index in [9.17, 15) is 0 Å². The Labute approximate surface area is 127 Å². The van der Waals surface area contributed by atoms with Gasteiger partial charge in [-0.15, -0.1) is 0 Å². The summed E-state index contributed by atoms with van der Waals surface area (Å²) in [6.45, 7) is 11.0. The molecule has 0 spiro atoms. The maximum Gasteiger partial charge on any atom is 0.148 e. The molecule has 21 heavy (non-hydrogen) atoms. The number of hydrazine groups is 1. The molecule has 0 saturated carbocycles. The Morgan fingerprint density at radius 3 is 2.52 bits per heavy atom. The number of aromatic nitrogens is 2. The molecule has 0 radical (unpaired) electrons. The van der Waals surface area contributed by atoms with Crippen molar-refractivity contribution in [3.63, 3.8) is 0 Å². The van der Waals surface area contributed by atoms with Crippen LogP contribution in [0.15, 0.2) is 6.33 Å². The van der Waals surface area contributed by atoms with Gasteiger partial charge in [0.2, 0.25) is 0 Å². The van der Waals surface area contributed by atoms with Gasteiger partial charge in [0, 0.05) is 12.1 Å². The molecule has 6 heteroatoms. The van der Waals surface area contributed by atoms with Gasteiger partial charge in [-0.05, 0) is 44.3 Å². The number of hydrogen-bond acceptors (Lipinski definition) is 6. The predicted octanol–water partition coefficient (Wildman–Crippen LogP) is 2.03. The van der Waals surface area contributed by atoms with Gasteiger partial charge in [0.25, 0.3) is 0 Å². The second-order valence-electron chi connectivity index (χ2n) is 6.04. The minimum Gasteiger partial charge on any atom is -0.369 e. The molecule has 1 saturated heterocycles. The summed E-state index contributed by atoms with van der Waals surface area (Å²) in [5, 5.41) is 3.51. The smallest absolute Gasteiger partial charge is 0.148 e. The molecule has 1 aliphatic heterocycles. The van der Waals surface area contributed by atoms with Gasteiger partial charge in [0.05, 0.1) is 0 Å². The largest absolute Gasteiger partial charge is 0.369 e. The average Bonchev–Trinajstić information content (AvgIpc) is 2.52. The molecule has 0 amide bonds. The van der Waals surface area contributed by atoms with Gasteiger partial charge in [0.1, 0.15) is 18.0 Å². The second kappa shape index (κ2) is 7.56. The summed E-state index contributed by atoms with van der Waals surface area (Å²) >= 11 is 0. The van der Waals surface area contributed by atoms with E-state index in [4.69, 9.17) is 5.84 Å². The summed E-state index contributed by atoms with van der Waals surface area (Å²) in [6.07, 6.45) is 4.07. The van der Waals surface area contributed by atoms with Gasteiger partial charge in [-0.2, -0.15) is 0 Å². The zero-order valence-corrected chi connectivity index (χ0v) is 13.4. The van der Waals surface area contributed by atoms with Crippen LogP contribution in [0.1, 0.15) is 45.1 Å². The first kappa shape index (κ1) is 16.0. The molecule has 4 N–H and O–H groups in total. The summed E-state index contributed by atoms with van der Waals surface area (Å²) in [6, 6.07) is 0. The Morgan fingerprint density at radius 1 is 1.29 bits per heavy atom. The number of hydrogen-bond donors (Lipinski definition) is 3. The fourth-order valence-corrected chi connectivity index (χ4v) is 2.95. The van der Waals surface area contributed by atoms with E-state index in [1.165, 1.54) is 25.9 Å². The van der Waals surface area contributed by atoms with Crippen LogP contribution in [0.3, 0.4) is 0 Å². The molecule has 0 atom stereocenters. The minimum absolute atomic E-state index is 0.321. The van der Waals surface area contributed by atoms with Crippen LogP contribution in [0.4, 0.5) is 11.6 Å². The molecule has 1 aromatic rings. The van der Waals surface area contributed by atoms with Crippen molar-refractivity contribution in [3.8, 4) is 0 Å². The standard InChI is InChI=1S/C15H28N6/c1-4-21-7-5-12(6-8-21)9-17-14-13(11(2)3)15(20-16)19-10-18-14/h10-12H,4-9,16H2,1-3H3,(H2,17,18,19,20). The normalized spacial score (nSPS) is 17.2. The molecule has 118 valence electrons. The van der Waals surface area contributed by atoms with Crippen molar-refractivity contribution in [1.29, 1.82) is 0 Å². The van der Waals surface area contributed by atoms with E-state index in [0.717, 1.165) is 30.4 Å². The first-order valence-electron chi connectivity index (χ1n) is 7.93. The SMILES string of the molecule is CCN1CCC(CNc2ncnc(NN)c2C(C)C)CC1. The van der Waals surface area contributed by atoms with Crippen molar-refractivity contribution in [1.82, 2.24) is 14.9 Å². The van der Waals surface area contributed by atoms with Gasteiger partial charge < -0.3 is 15.6 Å². The van der Waals surface area contributed by atoms with Crippen molar-refractivity contribution >= 4 is 11.6 Å². The highest BCUT2D eigenvalue weighted by Crippen LogP contribution is 2.28. The van der Waals surface area contributed by atoms with E-state index >= 15 is 0 Å². The van der Waals surface area contributed by atoms with E-state index in [2.05, 4.69) is 46.4 Å². The molecule has 0 unspecified atom stereocenters. The van der Waals surface area contributed by atoms with E-state index in [0.29, 0.717) is 11.7 Å². The summed E-state index contributed by atoms with van der Waals surface area (Å²) in [7, 11) is 0. The van der Waals surface area contributed by atoms with Crippen molar-refractivity contribution in [2.75, 3.05) is 36.9 Å². The van der Waals surface area contributed by atoms with Gasteiger partial charge in [0.15, 0.2) is 0 Å². The molecular formula is C15H28N6. The zero-order valence-electron chi connectivity index (χ0n) is 13.4. The van der Waals surface area contributed by atoms with Crippen LogP contribution in [0.2, 0.25) is 0 Å². The lowest BCUT2D eigenvalue weighted by Gasteiger charge is -2.31. The van der Waals surface area contributed by atoms with Crippen molar-refractivity contribution in [2.45, 2.75) is 39.5 Å².